The Labute approximate surface area is 98.2 Å². The quantitative estimate of drug-likeness (QED) is 0.750. The van der Waals surface area contributed by atoms with Gasteiger partial charge in [-0.25, -0.2) is 4.79 Å². The summed E-state index contributed by atoms with van der Waals surface area (Å²) in [5.41, 5.74) is 1.39. The van der Waals surface area contributed by atoms with Gasteiger partial charge in [0.25, 0.3) is 0 Å². The zero-order valence-electron chi connectivity index (χ0n) is 8.68. The maximum absolute atomic E-state index is 11.3. The average Bonchev–Trinajstić information content (AvgIpc) is 2.75. The van der Waals surface area contributed by atoms with Gasteiger partial charge in [-0.2, -0.15) is 0 Å². The van der Waals surface area contributed by atoms with Crippen LogP contribution in [0.15, 0.2) is 42.7 Å². The largest absolute Gasteiger partial charge is 0.465 e. The Balaban J connectivity index is 2.39. The molecule has 0 saturated heterocycles. The molecule has 0 atom stereocenters. The Morgan fingerprint density at radius 3 is 2.81 bits per heavy atom. The number of halogens is 1. The molecule has 4 heteroatoms. The van der Waals surface area contributed by atoms with Crippen LogP contribution in [0.3, 0.4) is 0 Å². The van der Waals surface area contributed by atoms with Crippen LogP contribution in [0.5, 0.6) is 0 Å². The van der Waals surface area contributed by atoms with E-state index >= 15 is 0 Å². The third kappa shape index (κ3) is 2.09. The zero-order valence-corrected chi connectivity index (χ0v) is 9.44. The van der Waals surface area contributed by atoms with Crippen molar-refractivity contribution < 1.29 is 9.53 Å². The molecule has 0 saturated carbocycles. The second kappa shape index (κ2) is 4.41. The Morgan fingerprint density at radius 2 is 2.19 bits per heavy atom. The highest BCUT2D eigenvalue weighted by Crippen LogP contribution is 2.15. The lowest BCUT2D eigenvalue weighted by Crippen LogP contribution is -2.02. The maximum atomic E-state index is 11.3. The molecule has 1 aromatic heterocycles. The number of rotatable bonds is 2. The third-order valence-corrected chi connectivity index (χ3v) is 2.45. The molecule has 82 valence electrons. The molecule has 0 aliphatic heterocycles. The van der Waals surface area contributed by atoms with E-state index in [1.807, 2.05) is 16.8 Å². The highest BCUT2D eigenvalue weighted by Gasteiger charge is 2.06. The van der Waals surface area contributed by atoms with Crippen molar-refractivity contribution in [2.45, 2.75) is 0 Å². The molecular formula is C12H10ClNO2. The molecule has 0 radical (unpaired) electrons. The molecule has 0 N–H and O–H groups in total. The summed E-state index contributed by atoms with van der Waals surface area (Å²) in [6.07, 6.45) is 3.61. The van der Waals surface area contributed by atoms with Crippen molar-refractivity contribution in [3.8, 4) is 5.69 Å². The van der Waals surface area contributed by atoms with Gasteiger partial charge in [-0.1, -0.05) is 17.7 Å². The molecule has 2 aromatic rings. The normalized spacial score (nSPS) is 10.1. The standard InChI is InChI=1S/C12H10ClNO2/c1-16-12(15)9-3-2-4-11(7-9)14-6-5-10(13)8-14/h2-8H,1H3. The summed E-state index contributed by atoms with van der Waals surface area (Å²) >= 11 is 5.83. The molecule has 0 fully saturated rings. The van der Waals surface area contributed by atoms with Crippen molar-refractivity contribution in [3.63, 3.8) is 0 Å². The minimum absolute atomic E-state index is 0.347. The van der Waals surface area contributed by atoms with E-state index in [2.05, 4.69) is 4.74 Å². The van der Waals surface area contributed by atoms with Crippen molar-refractivity contribution in [1.82, 2.24) is 4.57 Å². The minimum Gasteiger partial charge on any atom is -0.465 e. The van der Waals surface area contributed by atoms with Gasteiger partial charge in [0, 0.05) is 18.1 Å². The Bertz CT molecular complexity index is 519. The summed E-state index contributed by atoms with van der Waals surface area (Å²) < 4.78 is 6.50. The summed E-state index contributed by atoms with van der Waals surface area (Å²) in [7, 11) is 1.36. The molecule has 0 unspecified atom stereocenters. The number of hydrogen-bond acceptors (Lipinski definition) is 2. The molecule has 3 nitrogen and oxygen atoms in total. The summed E-state index contributed by atoms with van der Waals surface area (Å²) in [5.74, 6) is -0.347. The van der Waals surface area contributed by atoms with E-state index in [0.717, 1.165) is 5.69 Å². The first-order valence-corrected chi connectivity index (χ1v) is 5.11. The Kier molecular flexibility index (Phi) is 2.97. The molecule has 2 rings (SSSR count). The summed E-state index contributed by atoms with van der Waals surface area (Å²) in [4.78, 5) is 11.3. The highest BCUT2D eigenvalue weighted by atomic mass is 35.5. The van der Waals surface area contributed by atoms with Gasteiger partial charge in [0.1, 0.15) is 0 Å². The number of nitrogens with zero attached hydrogens (tertiary/aromatic N) is 1. The smallest absolute Gasteiger partial charge is 0.337 e. The van der Waals surface area contributed by atoms with Crippen LogP contribution >= 0.6 is 11.6 Å². The number of esters is 1. The fraction of sp³-hybridized carbons (Fsp3) is 0.0833. The van der Waals surface area contributed by atoms with E-state index in [1.165, 1.54) is 7.11 Å². The van der Waals surface area contributed by atoms with Crippen molar-refractivity contribution in [3.05, 3.63) is 53.3 Å². The lowest BCUT2D eigenvalue weighted by Gasteiger charge is -2.04. The molecule has 1 heterocycles. The summed E-state index contributed by atoms with van der Waals surface area (Å²) in [6, 6.07) is 8.94. The number of aromatic nitrogens is 1. The van der Waals surface area contributed by atoms with Gasteiger partial charge in [0.2, 0.25) is 0 Å². The number of ether oxygens (including phenoxy) is 1. The van der Waals surface area contributed by atoms with E-state index in [-0.39, 0.29) is 5.97 Å². The molecule has 16 heavy (non-hydrogen) atoms. The average molecular weight is 236 g/mol. The number of methoxy groups -OCH3 is 1. The first kappa shape index (κ1) is 10.8. The fourth-order valence-corrected chi connectivity index (χ4v) is 1.60. The Morgan fingerprint density at radius 1 is 1.38 bits per heavy atom. The predicted molar refractivity (Wildman–Crippen MR) is 62.1 cm³/mol. The molecule has 0 aliphatic rings. The van der Waals surface area contributed by atoms with Crippen LogP contribution in [0, 0.1) is 0 Å². The third-order valence-electron chi connectivity index (χ3n) is 2.22. The molecule has 0 amide bonds. The molecule has 1 aromatic carbocycles. The van der Waals surface area contributed by atoms with E-state index in [0.29, 0.717) is 10.6 Å². The van der Waals surface area contributed by atoms with Crippen LogP contribution in [0.1, 0.15) is 10.4 Å². The number of carbonyl (C=O) groups excluding carboxylic acids is 1. The summed E-state index contributed by atoms with van der Waals surface area (Å²) in [6.45, 7) is 0. The van der Waals surface area contributed by atoms with Crippen molar-refractivity contribution in [2.24, 2.45) is 0 Å². The van der Waals surface area contributed by atoms with Gasteiger partial charge < -0.3 is 9.30 Å². The van der Waals surface area contributed by atoms with Gasteiger partial charge in [-0.05, 0) is 24.3 Å². The topological polar surface area (TPSA) is 31.2 Å². The van der Waals surface area contributed by atoms with Gasteiger partial charge in [-0.15, -0.1) is 0 Å². The minimum atomic E-state index is -0.347. The summed E-state index contributed by atoms with van der Waals surface area (Å²) in [5, 5.41) is 0.656. The molecular weight excluding hydrogens is 226 g/mol. The maximum Gasteiger partial charge on any atom is 0.337 e. The van der Waals surface area contributed by atoms with Crippen molar-refractivity contribution in [2.75, 3.05) is 7.11 Å². The second-order valence-electron chi connectivity index (χ2n) is 3.28. The fourth-order valence-electron chi connectivity index (χ4n) is 1.44. The van der Waals surface area contributed by atoms with Crippen LogP contribution in [0.25, 0.3) is 5.69 Å². The zero-order chi connectivity index (χ0) is 11.5. The van der Waals surface area contributed by atoms with E-state index in [4.69, 9.17) is 11.6 Å². The van der Waals surface area contributed by atoms with Crippen LogP contribution in [-0.2, 0) is 4.74 Å². The van der Waals surface area contributed by atoms with Gasteiger partial charge in [-0.3, -0.25) is 0 Å². The molecule has 0 bridgehead atoms. The van der Waals surface area contributed by atoms with Crippen molar-refractivity contribution in [1.29, 1.82) is 0 Å². The highest BCUT2D eigenvalue weighted by molar-refractivity contribution is 6.30. The molecule has 0 spiro atoms. The van der Waals surface area contributed by atoms with Gasteiger partial charge in [0.15, 0.2) is 0 Å². The van der Waals surface area contributed by atoms with E-state index in [1.54, 1.807) is 30.5 Å². The van der Waals surface area contributed by atoms with Crippen LogP contribution in [0.4, 0.5) is 0 Å². The van der Waals surface area contributed by atoms with E-state index < -0.39 is 0 Å². The first-order valence-electron chi connectivity index (χ1n) is 4.73. The van der Waals surface area contributed by atoms with Crippen LogP contribution in [0.2, 0.25) is 5.02 Å². The molecule has 0 aliphatic carbocycles. The first-order chi connectivity index (χ1) is 7.70. The lowest BCUT2D eigenvalue weighted by molar-refractivity contribution is 0.0600. The van der Waals surface area contributed by atoms with Gasteiger partial charge >= 0.3 is 5.97 Å². The lowest BCUT2D eigenvalue weighted by atomic mass is 10.2. The van der Waals surface area contributed by atoms with Crippen LogP contribution in [-0.4, -0.2) is 17.6 Å². The van der Waals surface area contributed by atoms with Crippen molar-refractivity contribution >= 4 is 17.6 Å². The predicted octanol–water partition coefficient (Wildman–Crippen LogP) is 2.92. The monoisotopic (exact) mass is 235 g/mol. The van der Waals surface area contributed by atoms with E-state index in [9.17, 15) is 4.79 Å². The number of benzene rings is 1. The Hall–Kier alpha value is -1.74. The number of hydrogen-bond donors (Lipinski definition) is 0. The number of carbonyl (C=O) groups is 1. The SMILES string of the molecule is COC(=O)c1cccc(-n2ccc(Cl)c2)c1. The van der Waals surface area contributed by atoms with Gasteiger partial charge in [0.05, 0.1) is 17.7 Å². The second-order valence-corrected chi connectivity index (χ2v) is 3.72. The van der Waals surface area contributed by atoms with Crippen LogP contribution < -0.4 is 0 Å².